The van der Waals surface area contributed by atoms with Gasteiger partial charge in [0.1, 0.15) is 0 Å². The van der Waals surface area contributed by atoms with E-state index in [-0.39, 0.29) is 17.2 Å². The molecule has 0 spiro atoms. The number of nitrogens with zero attached hydrogens (tertiary/aromatic N) is 1. The summed E-state index contributed by atoms with van der Waals surface area (Å²) in [5, 5.41) is 3.29. The quantitative estimate of drug-likeness (QED) is 0.825. The highest BCUT2D eigenvalue weighted by Gasteiger charge is 2.37. The summed E-state index contributed by atoms with van der Waals surface area (Å²) in [6, 6.07) is 0.914. The number of nitrogens with one attached hydrogen (secondary N) is 1. The average Bonchev–Trinajstić information content (AvgIpc) is 2.78. The molecule has 4 nitrogen and oxygen atoms in total. The summed E-state index contributed by atoms with van der Waals surface area (Å²) >= 11 is 0. The van der Waals surface area contributed by atoms with Crippen molar-refractivity contribution in [2.45, 2.75) is 65.0 Å². The van der Waals surface area contributed by atoms with E-state index in [1.165, 1.54) is 25.8 Å². The summed E-state index contributed by atoms with van der Waals surface area (Å²) in [4.78, 5) is 15.0. The normalized spacial score (nSPS) is 29.0. The van der Waals surface area contributed by atoms with E-state index in [2.05, 4.69) is 31.0 Å². The monoisotopic (exact) mass is 281 g/mol. The summed E-state index contributed by atoms with van der Waals surface area (Å²) in [7, 11) is 0. The third kappa shape index (κ3) is 3.95. The maximum Gasteiger partial charge on any atom is 0.224 e. The van der Waals surface area contributed by atoms with E-state index in [1.54, 1.807) is 0 Å². The smallest absolute Gasteiger partial charge is 0.224 e. The lowest BCUT2D eigenvalue weighted by molar-refractivity contribution is -0.126. The summed E-state index contributed by atoms with van der Waals surface area (Å²) in [6.45, 7) is 9.30. The van der Waals surface area contributed by atoms with Gasteiger partial charge in [-0.15, -0.1) is 0 Å². The van der Waals surface area contributed by atoms with Crippen LogP contribution in [-0.2, 0) is 4.79 Å². The van der Waals surface area contributed by atoms with Gasteiger partial charge in [-0.2, -0.15) is 0 Å². The molecule has 0 aromatic carbocycles. The van der Waals surface area contributed by atoms with Gasteiger partial charge in [-0.3, -0.25) is 9.69 Å². The van der Waals surface area contributed by atoms with E-state index >= 15 is 0 Å². The van der Waals surface area contributed by atoms with Crippen LogP contribution in [0.25, 0.3) is 0 Å². The standard InChI is InChI=1S/C16H31N3O/c1-16(2,3)10-12(11-17)15(20)18-13-7-9-19-8-5-4-6-14(13)19/h12-14H,4-11,17H2,1-3H3,(H,18,20). The molecule has 0 aromatic heterocycles. The number of amides is 1. The van der Waals surface area contributed by atoms with Gasteiger partial charge in [-0.1, -0.05) is 27.2 Å². The van der Waals surface area contributed by atoms with Crippen molar-refractivity contribution in [1.82, 2.24) is 10.2 Å². The molecule has 116 valence electrons. The van der Waals surface area contributed by atoms with Crippen LogP contribution >= 0.6 is 0 Å². The van der Waals surface area contributed by atoms with Crippen molar-refractivity contribution < 1.29 is 4.79 Å². The zero-order valence-electron chi connectivity index (χ0n) is 13.3. The number of hydrogen-bond acceptors (Lipinski definition) is 3. The van der Waals surface area contributed by atoms with Crippen molar-refractivity contribution >= 4 is 5.91 Å². The van der Waals surface area contributed by atoms with Crippen molar-refractivity contribution in [3.8, 4) is 0 Å². The molecule has 2 aliphatic heterocycles. The molecular formula is C16H31N3O. The summed E-state index contributed by atoms with van der Waals surface area (Å²) in [6.07, 6.45) is 5.81. The van der Waals surface area contributed by atoms with Crippen molar-refractivity contribution in [2.24, 2.45) is 17.1 Å². The van der Waals surface area contributed by atoms with E-state index in [9.17, 15) is 4.79 Å². The van der Waals surface area contributed by atoms with Gasteiger partial charge in [0.25, 0.3) is 0 Å². The SMILES string of the molecule is CC(C)(C)CC(CN)C(=O)NC1CCN2CCCCC12. The first-order chi connectivity index (χ1) is 9.40. The lowest BCUT2D eigenvalue weighted by Crippen LogP contribution is -2.49. The van der Waals surface area contributed by atoms with Crippen molar-refractivity contribution in [3.05, 3.63) is 0 Å². The van der Waals surface area contributed by atoms with Crippen LogP contribution in [-0.4, -0.2) is 42.5 Å². The topological polar surface area (TPSA) is 58.4 Å². The highest BCUT2D eigenvalue weighted by atomic mass is 16.2. The Morgan fingerprint density at radius 3 is 2.70 bits per heavy atom. The summed E-state index contributed by atoms with van der Waals surface area (Å²) < 4.78 is 0. The van der Waals surface area contributed by atoms with Crippen LogP contribution in [0, 0.1) is 11.3 Å². The molecule has 2 aliphatic rings. The largest absolute Gasteiger partial charge is 0.351 e. The molecule has 2 saturated heterocycles. The van der Waals surface area contributed by atoms with Crippen LogP contribution in [0.15, 0.2) is 0 Å². The average molecular weight is 281 g/mol. The van der Waals surface area contributed by atoms with Crippen molar-refractivity contribution in [2.75, 3.05) is 19.6 Å². The fourth-order valence-corrected chi connectivity index (χ4v) is 3.74. The molecule has 20 heavy (non-hydrogen) atoms. The van der Waals surface area contributed by atoms with Gasteiger partial charge < -0.3 is 11.1 Å². The zero-order chi connectivity index (χ0) is 14.8. The molecule has 0 radical (unpaired) electrons. The Hall–Kier alpha value is -0.610. The van der Waals surface area contributed by atoms with E-state index in [0.717, 1.165) is 19.4 Å². The van der Waals surface area contributed by atoms with E-state index in [4.69, 9.17) is 5.73 Å². The minimum atomic E-state index is -0.0485. The number of hydrogen-bond donors (Lipinski definition) is 2. The lowest BCUT2D eigenvalue weighted by atomic mass is 9.84. The Morgan fingerprint density at radius 2 is 2.05 bits per heavy atom. The maximum absolute atomic E-state index is 12.5. The molecule has 2 fully saturated rings. The predicted octanol–water partition coefficient (Wildman–Crippen LogP) is 1.74. The summed E-state index contributed by atoms with van der Waals surface area (Å²) in [5.74, 6) is 0.118. The number of carbonyl (C=O) groups is 1. The number of rotatable bonds is 4. The van der Waals surface area contributed by atoms with Gasteiger partial charge >= 0.3 is 0 Å². The minimum absolute atomic E-state index is 0.0485. The highest BCUT2D eigenvalue weighted by Crippen LogP contribution is 2.28. The van der Waals surface area contributed by atoms with E-state index in [0.29, 0.717) is 18.6 Å². The Labute approximate surface area is 123 Å². The molecule has 0 aromatic rings. The van der Waals surface area contributed by atoms with Gasteiger partial charge in [0, 0.05) is 25.2 Å². The van der Waals surface area contributed by atoms with E-state index < -0.39 is 0 Å². The molecule has 2 rings (SSSR count). The van der Waals surface area contributed by atoms with Crippen LogP contribution in [0.2, 0.25) is 0 Å². The molecule has 1 amide bonds. The van der Waals surface area contributed by atoms with Gasteiger partial charge in [0.15, 0.2) is 0 Å². The molecule has 3 unspecified atom stereocenters. The van der Waals surface area contributed by atoms with Crippen molar-refractivity contribution in [3.63, 3.8) is 0 Å². The number of nitrogens with two attached hydrogens (primary N) is 1. The molecule has 3 N–H and O–H groups in total. The minimum Gasteiger partial charge on any atom is -0.351 e. The van der Waals surface area contributed by atoms with Crippen LogP contribution < -0.4 is 11.1 Å². The zero-order valence-corrected chi connectivity index (χ0v) is 13.3. The van der Waals surface area contributed by atoms with Crippen LogP contribution in [0.1, 0.15) is 52.9 Å². The molecule has 4 heteroatoms. The Bertz CT molecular complexity index is 337. The lowest BCUT2D eigenvalue weighted by Gasteiger charge is -2.33. The Morgan fingerprint density at radius 1 is 1.30 bits per heavy atom. The predicted molar refractivity (Wildman–Crippen MR) is 82.4 cm³/mol. The molecular weight excluding hydrogens is 250 g/mol. The van der Waals surface area contributed by atoms with Gasteiger partial charge in [-0.05, 0) is 37.6 Å². The maximum atomic E-state index is 12.5. The fourth-order valence-electron chi connectivity index (χ4n) is 3.74. The molecule has 2 heterocycles. The molecule has 3 atom stereocenters. The number of piperidine rings is 1. The molecule has 0 saturated carbocycles. The second kappa shape index (κ2) is 6.44. The first-order valence-corrected chi connectivity index (χ1v) is 8.15. The molecule has 0 bridgehead atoms. The third-order valence-electron chi connectivity index (χ3n) is 4.70. The van der Waals surface area contributed by atoms with Gasteiger partial charge in [-0.25, -0.2) is 0 Å². The highest BCUT2D eigenvalue weighted by molar-refractivity contribution is 5.79. The third-order valence-corrected chi connectivity index (χ3v) is 4.70. The van der Waals surface area contributed by atoms with Crippen LogP contribution in [0.5, 0.6) is 0 Å². The van der Waals surface area contributed by atoms with E-state index in [1.807, 2.05) is 0 Å². The van der Waals surface area contributed by atoms with Crippen molar-refractivity contribution in [1.29, 1.82) is 0 Å². The first-order valence-electron chi connectivity index (χ1n) is 8.15. The first kappa shape index (κ1) is 15.8. The second-order valence-corrected chi connectivity index (χ2v) is 7.70. The Balaban J connectivity index is 1.90. The molecule has 0 aliphatic carbocycles. The fraction of sp³-hybridized carbons (Fsp3) is 0.938. The Kier molecular flexibility index (Phi) is 5.08. The number of carbonyl (C=O) groups excluding carboxylic acids is 1. The summed E-state index contributed by atoms with van der Waals surface area (Å²) in [5.41, 5.74) is 5.96. The second-order valence-electron chi connectivity index (χ2n) is 7.70. The van der Waals surface area contributed by atoms with Crippen LogP contribution in [0.3, 0.4) is 0 Å². The van der Waals surface area contributed by atoms with Gasteiger partial charge in [0.05, 0.1) is 5.92 Å². The van der Waals surface area contributed by atoms with Gasteiger partial charge in [0.2, 0.25) is 5.91 Å². The van der Waals surface area contributed by atoms with Crippen LogP contribution in [0.4, 0.5) is 0 Å². The number of fused-ring (bicyclic) bond motifs is 1.